The smallest absolute Gasteiger partial charge is 0.241 e. The first-order valence-corrected chi connectivity index (χ1v) is 12.8. The molecule has 174 valence electrons. The summed E-state index contributed by atoms with van der Waals surface area (Å²) in [6.07, 6.45) is 1.72. The molecule has 1 aliphatic heterocycles. The Labute approximate surface area is 200 Å². The van der Waals surface area contributed by atoms with Crippen LogP contribution in [0.25, 0.3) is 11.4 Å². The number of likely N-dealkylation sites (tertiary alicyclic amines) is 1. The van der Waals surface area contributed by atoms with Crippen LogP contribution < -0.4 is 5.32 Å². The van der Waals surface area contributed by atoms with Gasteiger partial charge in [0.25, 0.3) is 0 Å². The fourth-order valence-corrected chi connectivity index (χ4v) is 4.77. The molecule has 6 nitrogen and oxygen atoms in total. The lowest BCUT2D eigenvalue weighted by Crippen LogP contribution is -2.40. The van der Waals surface area contributed by atoms with E-state index in [1.165, 1.54) is 16.7 Å². The van der Waals surface area contributed by atoms with Gasteiger partial charge in [-0.2, -0.15) is 16.7 Å². The molecule has 1 aromatic heterocycles. The first-order valence-electron chi connectivity index (χ1n) is 11.6. The van der Waals surface area contributed by atoms with Gasteiger partial charge >= 0.3 is 0 Å². The third-order valence-corrected chi connectivity index (χ3v) is 7.06. The van der Waals surface area contributed by atoms with E-state index < -0.39 is 0 Å². The van der Waals surface area contributed by atoms with Gasteiger partial charge in [0.2, 0.25) is 17.6 Å². The van der Waals surface area contributed by atoms with Gasteiger partial charge in [0.1, 0.15) is 0 Å². The van der Waals surface area contributed by atoms with Gasteiger partial charge in [-0.25, -0.2) is 0 Å². The van der Waals surface area contributed by atoms with E-state index in [0.717, 1.165) is 49.5 Å². The van der Waals surface area contributed by atoms with Crippen molar-refractivity contribution < 1.29 is 9.32 Å². The summed E-state index contributed by atoms with van der Waals surface area (Å²) in [6, 6.07) is 16.7. The summed E-state index contributed by atoms with van der Waals surface area (Å²) < 4.78 is 5.46. The number of carbonyl (C=O) groups is 1. The number of hydrogen-bond acceptors (Lipinski definition) is 6. The monoisotopic (exact) mass is 464 g/mol. The Morgan fingerprint density at radius 1 is 1.06 bits per heavy atom. The van der Waals surface area contributed by atoms with Crippen molar-refractivity contribution in [3.05, 3.63) is 71.1 Å². The molecule has 0 saturated carbocycles. The summed E-state index contributed by atoms with van der Waals surface area (Å²) in [5.74, 6) is 3.44. The molecule has 0 bridgehead atoms. The van der Waals surface area contributed by atoms with E-state index in [1.807, 2.05) is 36.0 Å². The van der Waals surface area contributed by atoms with Crippen molar-refractivity contribution >= 4 is 17.7 Å². The first kappa shape index (κ1) is 23.5. The molecule has 3 aromatic rings. The van der Waals surface area contributed by atoms with Crippen LogP contribution in [-0.2, 0) is 17.1 Å². The minimum absolute atomic E-state index is 0.0918. The van der Waals surface area contributed by atoms with E-state index in [-0.39, 0.29) is 11.8 Å². The maximum atomic E-state index is 12.5. The fraction of sp³-hybridized carbons (Fsp3) is 0.423. The number of nitrogens with zero attached hydrogens (tertiary/aromatic N) is 3. The van der Waals surface area contributed by atoms with Crippen LogP contribution >= 0.6 is 11.8 Å². The molecular weight excluding hydrogens is 432 g/mol. The zero-order valence-corrected chi connectivity index (χ0v) is 20.2. The number of thioether (sulfide) groups is 1. The third-order valence-electron chi connectivity index (χ3n) is 6.03. The molecule has 0 spiro atoms. The molecule has 2 heterocycles. The molecule has 0 aliphatic carbocycles. The molecule has 7 heteroatoms. The Bertz CT molecular complexity index is 1030. The predicted octanol–water partition coefficient (Wildman–Crippen LogP) is 4.62. The molecule has 4 rings (SSSR count). The Balaban J connectivity index is 1.13. The number of aromatic nitrogens is 2. The highest BCUT2D eigenvalue weighted by atomic mass is 32.2. The van der Waals surface area contributed by atoms with Crippen LogP contribution in [0, 0.1) is 19.8 Å². The topological polar surface area (TPSA) is 71.3 Å². The summed E-state index contributed by atoms with van der Waals surface area (Å²) in [6.45, 7) is 7.23. The van der Waals surface area contributed by atoms with Gasteiger partial charge in [-0.1, -0.05) is 64.8 Å². The summed E-state index contributed by atoms with van der Waals surface area (Å²) in [4.78, 5) is 19.4. The van der Waals surface area contributed by atoms with Gasteiger partial charge < -0.3 is 9.84 Å². The van der Waals surface area contributed by atoms with Gasteiger partial charge in [0.05, 0.1) is 6.54 Å². The first-order chi connectivity index (χ1) is 16.1. The highest BCUT2D eigenvalue weighted by molar-refractivity contribution is 7.98. The summed E-state index contributed by atoms with van der Waals surface area (Å²) in [5.41, 5.74) is 4.78. The van der Waals surface area contributed by atoms with Crippen LogP contribution in [0.5, 0.6) is 0 Å². The molecular formula is C26H32N4O2S. The highest BCUT2D eigenvalue weighted by Gasteiger charge is 2.25. The molecule has 0 radical (unpaired) electrons. The lowest BCUT2D eigenvalue weighted by atomic mass is 9.96. The van der Waals surface area contributed by atoms with Crippen molar-refractivity contribution in [3.8, 4) is 11.4 Å². The molecule has 33 heavy (non-hydrogen) atoms. The van der Waals surface area contributed by atoms with Crippen LogP contribution in [0.4, 0.5) is 0 Å². The van der Waals surface area contributed by atoms with E-state index >= 15 is 0 Å². The van der Waals surface area contributed by atoms with Crippen LogP contribution in [0.3, 0.4) is 0 Å². The van der Waals surface area contributed by atoms with E-state index in [1.54, 1.807) is 0 Å². The quantitative estimate of drug-likeness (QED) is 0.466. The van der Waals surface area contributed by atoms with Crippen LogP contribution in [-0.4, -0.2) is 46.3 Å². The third kappa shape index (κ3) is 6.92. The predicted molar refractivity (Wildman–Crippen MR) is 133 cm³/mol. The maximum Gasteiger partial charge on any atom is 0.241 e. The number of aryl methyl sites for hydroxylation is 2. The largest absolute Gasteiger partial charge is 0.355 e. The molecule has 1 amide bonds. The van der Waals surface area contributed by atoms with E-state index in [0.29, 0.717) is 18.3 Å². The van der Waals surface area contributed by atoms with E-state index in [2.05, 4.69) is 58.5 Å². The van der Waals surface area contributed by atoms with Crippen molar-refractivity contribution in [2.24, 2.45) is 5.92 Å². The highest BCUT2D eigenvalue weighted by Crippen LogP contribution is 2.21. The fourth-order valence-electron chi connectivity index (χ4n) is 3.95. The van der Waals surface area contributed by atoms with E-state index in [4.69, 9.17) is 4.52 Å². The Morgan fingerprint density at radius 3 is 2.42 bits per heavy atom. The van der Waals surface area contributed by atoms with Crippen LogP contribution in [0.1, 0.15) is 35.4 Å². The molecule has 0 atom stereocenters. The molecule has 1 saturated heterocycles. The second-order valence-electron chi connectivity index (χ2n) is 8.76. The van der Waals surface area contributed by atoms with Crippen molar-refractivity contribution in [2.75, 3.05) is 25.4 Å². The lowest BCUT2D eigenvalue weighted by molar-refractivity contribution is -0.126. The summed E-state index contributed by atoms with van der Waals surface area (Å²) >= 11 is 1.86. The minimum atomic E-state index is 0.0918. The van der Waals surface area contributed by atoms with E-state index in [9.17, 15) is 4.79 Å². The number of amides is 1. The minimum Gasteiger partial charge on any atom is -0.355 e. The number of piperidine rings is 1. The van der Waals surface area contributed by atoms with Crippen molar-refractivity contribution in [1.82, 2.24) is 20.4 Å². The van der Waals surface area contributed by atoms with Gasteiger partial charge in [0, 0.05) is 29.5 Å². The Hall–Kier alpha value is -2.64. The maximum absolute atomic E-state index is 12.5. The number of nitrogens with one attached hydrogen (secondary N) is 1. The zero-order valence-electron chi connectivity index (χ0n) is 19.4. The number of hydrogen-bond donors (Lipinski definition) is 1. The van der Waals surface area contributed by atoms with Gasteiger partial charge in [0.15, 0.2) is 0 Å². The number of rotatable bonds is 9. The van der Waals surface area contributed by atoms with Gasteiger partial charge in [-0.3, -0.25) is 9.69 Å². The van der Waals surface area contributed by atoms with Crippen molar-refractivity contribution in [1.29, 1.82) is 0 Å². The normalized spacial score (nSPS) is 15.0. The summed E-state index contributed by atoms with van der Waals surface area (Å²) in [5, 5.41) is 7.24. The Kier molecular flexibility index (Phi) is 8.18. The average Bonchev–Trinajstić information content (AvgIpc) is 3.29. The second-order valence-corrected chi connectivity index (χ2v) is 9.86. The Morgan fingerprint density at radius 2 is 1.73 bits per heavy atom. The standard InChI is InChI=1S/C26H32N4O2S/c1-19-3-7-21(8-4-19)18-33-16-13-27-26(31)23-11-14-30(15-12-23)17-24-28-25(29-32-24)22-9-5-20(2)6-10-22/h3-10,23H,11-18H2,1-2H3,(H,27,31). The van der Waals surface area contributed by atoms with Crippen LogP contribution in [0.2, 0.25) is 0 Å². The molecule has 2 aromatic carbocycles. The number of carbonyl (C=O) groups excluding carboxylic acids is 1. The SMILES string of the molecule is Cc1ccc(CSCCNC(=O)C2CCN(Cc3nc(-c4ccc(C)cc4)no3)CC2)cc1. The summed E-state index contributed by atoms with van der Waals surface area (Å²) in [7, 11) is 0. The molecule has 1 aliphatic rings. The lowest BCUT2D eigenvalue weighted by Gasteiger charge is -2.30. The molecule has 1 N–H and O–H groups in total. The molecule has 1 fully saturated rings. The average molecular weight is 465 g/mol. The zero-order chi connectivity index (χ0) is 23.0. The van der Waals surface area contributed by atoms with Crippen molar-refractivity contribution in [2.45, 2.75) is 39.0 Å². The second kappa shape index (κ2) is 11.5. The van der Waals surface area contributed by atoms with Crippen LogP contribution in [0.15, 0.2) is 53.1 Å². The van der Waals surface area contributed by atoms with Gasteiger partial charge in [-0.05, 0) is 45.3 Å². The van der Waals surface area contributed by atoms with Crippen molar-refractivity contribution in [3.63, 3.8) is 0 Å². The number of benzene rings is 2. The van der Waals surface area contributed by atoms with Gasteiger partial charge in [-0.15, -0.1) is 0 Å². The molecule has 0 unspecified atom stereocenters.